The van der Waals surface area contributed by atoms with Gasteiger partial charge < -0.3 is 5.32 Å². The van der Waals surface area contributed by atoms with E-state index in [9.17, 15) is 0 Å². The molecule has 0 bridgehead atoms. The Bertz CT molecular complexity index is 531. The molecule has 100 valence electrons. The minimum atomic E-state index is 0.303. The fourth-order valence-corrected chi connectivity index (χ4v) is 2.96. The van der Waals surface area contributed by atoms with E-state index in [1.807, 2.05) is 19.2 Å². The van der Waals surface area contributed by atoms with Crippen LogP contribution in [0.3, 0.4) is 0 Å². The van der Waals surface area contributed by atoms with E-state index < -0.39 is 0 Å². The van der Waals surface area contributed by atoms with E-state index in [4.69, 9.17) is 11.6 Å². The molecule has 2 aromatic rings. The van der Waals surface area contributed by atoms with Crippen molar-refractivity contribution in [2.45, 2.75) is 19.4 Å². The second-order valence-electron chi connectivity index (χ2n) is 4.73. The number of nitrogens with one attached hydrogen (secondary N) is 1. The van der Waals surface area contributed by atoms with Gasteiger partial charge >= 0.3 is 0 Å². The first-order chi connectivity index (χ1) is 9.08. The Balaban J connectivity index is 2.22. The van der Waals surface area contributed by atoms with Gasteiger partial charge in [-0.3, -0.25) is 0 Å². The molecule has 1 unspecified atom stereocenters. The van der Waals surface area contributed by atoms with Crippen molar-refractivity contribution in [2.24, 2.45) is 0 Å². The number of hydrogen-bond acceptors (Lipinski definition) is 1. The minimum absolute atomic E-state index is 0.303. The van der Waals surface area contributed by atoms with Crippen molar-refractivity contribution < 1.29 is 0 Å². The second kappa shape index (κ2) is 6.56. The zero-order valence-electron chi connectivity index (χ0n) is 11.1. The molecule has 3 heteroatoms. The van der Waals surface area contributed by atoms with Gasteiger partial charge in [0.2, 0.25) is 0 Å². The SMILES string of the molecule is CNC(Cc1ccc(Cl)cc1)c1cc(C)cc(Br)c1. The van der Waals surface area contributed by atoms with E-state index in [2.05, 4.69) is 58.5 Å². The molecule has 0 saturated heterocycles. The van der Waals surface area contributed by atoms with E-state index in [-0.39, 0.29) is 0 Å². The molecule has 0 amide bonds. The van der Waals surface area contributed by atoms with Crippen molar-refractivity contribution in [2.75, 3.05) is 7.05 Å². The summed E-state index contributed by atoms with van der Waals surface area (Å²) in [5.74, 6) is 0. The Morgan fingerprint density at radius 2 is 1.84 bits per heavy atom. The van der Waals surface area contributed by atoms with E-state index >= 15 is 0 Å². The maximum Gasteiger partial charge on any atom is 0.0406 e. The van der Waals surface area contributed by atoms with Crippen molar-refractivity contribution in [3.63, 3.8) is 0 Å². The fraction of sp³-hybridized carbons (Fsp3) is 0.250. The molecule has 0 aliphatic heterocycles. The molecule has 0 fully saturated rings. The Morgan fingerprint density at radius 1 is 1.16 bits per heavy atom. The lowest BCUT2D eigenvalue weighted by Crippen LogP contribution is -2.19. The Kier molecular flexibility index (Phi) is 5.03. The molecule has 2 aromatic carbocycles. The molecule has 0 heterocycles. The van der Waals surface area contributed by atoms with Gasteiger partial charge in [0.25, 0.3) is 0 Å². The monoisotopic (exact) mass is 337 g/mol. The van der Waals surface area contributed by atoms with Crippen LogP contribution in [0, 0.1) is 6.92 Å². The average Bonchev–Trinajstić information content (AvgIpc) is 2.37. The van der Waals surface area contributed by atoms with E-state index in [0.717, 1.165) is 15.9 Å². The summed E-state index contributed by atoms with van der Waals surface area (Å²) >= 11 is 9.48. The highest BCUT2D eigenvalue weighted by molar-refractivity contribution is 9.10. The summed E-state index contributed by atoms with van der Waals surface area (Å²) in [4.78, 5) is 0. The molecule has 0 aromatic heterocycles. The highest BCUT2D eigenvalue weighted by Gasteiger charge is 2.11. The summed E-state index contributed by atoms with van der Waals surface area (Å²) in [5, 5.41) is 4.16. The van der Waals surface area contributed by atoms with Crippen LogP contribution in [0.2, 0.25) is 5.02 Å². The highest BCUT2D eigenvalue weighted by atomic mass is 79.9. The third-order valence-electron chi connectivity index (χ3n) is 3.17. The van der Waals surface area contributed by atoms with Crippen LogP contribution < -0.4 is 5.32 Å². The van der Waals surface area contributed by atoms with Gasteiger partial charge in [-0.2, -0.15) is 0 Å². The maximum atomic E-state index is 5.92. The predicted molar refractivity (Wildman–Crippen MR) is 85.8 cm³/mol. The lowest BCUT2D eigenvalue weighted by molar-refractivity contribution is 0.591. The predicted octanol–water partition coefficient (Wildman–Crippen LogP) is 4.91. The third-order valence-corrected chi connectivity index (χ3v) is 3.88. The van der Waals surface area contributed by atoms with Crippen LogP contribution in [0.4, 0.5) is 0 Å². The minimum Gasteiger partial charge on any atom is -0.313 e. The number of aryl methyl sites for hydroxylation is 1. The topological polar surface area (TPSA) is 12.0 Å². The molecular formula is C16H17BrClN. The van der Waals surface area contributed by atoms with Gasteiger partial charge in [-0.25, -0.2) is 0 Å². The largest absolute Gasteiger partial charge is 0.313 e. The number of hydrogen-bond donors (Lipinski definition) is 1. The average molecular weight is 339 g/mol. The van der Waals surface area contributed by atoms with Crippen molar-refractivity contribution in [1.29, 1.82) is 0 Å². The van der Waals surface area contributed by atoms with Gasteiger partial charge in [0, 0.05) is 15.5 Å². The van der Waals surface area contributed by atoms with Gasteiger partial charge in [0.05, 0.1) is 0 Å². The van der Waals surface area contributed by atoms with E-state index in [1.165, 1.54) is 16.7 Å². The maximum absolute atomic E-state index is 5.92. The number of likely N-dealkylation sites (N-methyl/N-ethyl adjacent to an activating group) is 1. The highest BCUT2D eigenvalue weighted by Crippen LogP contribution is 2.24. The zero-order valence-corrected chi connectivity index (χ0v) is 13.4. The molecule has 1 nitrogen and oxygen atoms in total. The molecular weight excluding hydrogens is 322 g/mol. The van der Waals surface area contributed by atoms with Crippen molar-refractivity contribution >= 4 is 27.5 Å². The van der Waals surface area contributed by atoms with Crippen molar-refractivity contribution in [3.8, 4) is 0 Å². The summed E-state index contributed by atoms with van der Waals surface area (Å²) in [6.45, 7) is 2.11. The first-order valence-corrected chi connectivity index (χ1v) is 7.44. The van der Waals surface area contributed by atoms with Gasteiger partial charge in [-0.05, 0) is 61.3 Å². The van der Waals surface area contributed by atoms with Gasteiger partial charge in [-0.15, -0.1) is 0 Å². The van der Waals surface area contributed by atoms with Gasteiger partial charge in [-0.1, -0.05) is 45.7 Å². The number of rotatable bonds is 4. The van der Waals surface area contributed by atoms with Crippen LogP contribution in [0.5, 0.6) is 0 Å². The third kappa shape index (κ3) is 4.07. The van der Waals surface area contributed by atoms with Crippen LogP contribution in [0.25, 0.3) is 0 Å². The van der Waals surface area contributed by atoms with Gasteiger partial charge in [0.1, 0.15) is 0 Å². The number of halogens is 2. The summed E-state index contributed by atoms with van der Waals surface area (Å²) in [6, 6.07) is 14.9. The molecule has 19 heavy (non-hydrogen) atoms. The van der Waals surface area contributed by atoms with E-state index in [1.54, 1.807) is 0 Å². The van der Waals surface area contributed by atoms with E-state index in [0.29, 0.717) is 6.04 Å². The standard InChI is InChI=1S/C16H17BrClN/c1-11-7-13(10-14(17)8-11)16(19-2)9-12-3-5-15(18)6-4-12/h3-8,10,16,19H,9H2,1-2H3. The van der Waals surface area contributed by atoms with Crippen LogP contribution in [0.1, 0.15) is 22.7 Å². The quantitative estimate of drug-likeness (QED) is 0.835. The number of benzene rings is 2. The molecule has 0 spiro atoms. The lowest BCUT2D eigenvalue weighted by atomic mass is 9.98. The first-order valence-electron chi connectivity index (χ1n) is 6.27. The Labute approximate surface area is 128 Å². The molecule has 1 atom stereocenters. The van der Waals surface area contributed by atoms with Crippen LogP contribution in [0.15, 0.2) is 46.9 Å². The summed E-state index contributed by atoms with van der Waals surface area (Å²) in [6.07, 6.45) is 0.948. The molecule has 0 saturated carbocycles. The zero-order chi connectivity index (χ0) is 13.8. The van der Waals surface area contributed by atoms with Crippen molar-refractivity contribution in [1.82, 2.24) is 5.32 Å². The molecule has 0 radical (unpaired) electrons. The molecule has 1 N–H and O–H groups in total. The molecule has 2 rings (SSSR count). The molecule has 0 aliphatic rings. The Hall–Kier alpha value is -0.830. The normalized spacial score (nSPS) is 12.4. The summed E-state index contributed by atoms with van der Waals surface area (Å²) in [5.41, 5.74) is 3.84. The van der Waals surface area contributed by atoms with Crippen LogP contribution in [-0.4, -0.2) is 7.05 Å². The first kappa shape index (κ1) is 14.6. The fourth-order valence-electron chi connectivity index (χ4n) is 2.21. The Morgan fingerprint density at radius 3 is 2.42 bits per heavy atom. The van der Waals surface area contributed by atoms with Crippen LogP contribution >= 0.6 is 27.5 Å². The smallest absolute Gasteiger partial charge is 0.0406 e. The summed E-state index contributed by atoms with van der Waals surface area (Å²) < 4.78 is 1.12. The van der Waals surface area contributed by atoms with Crippen LogP contribution in [-0.2, 0) is 6.42 Å². The van der Waals surface area contributed by atoms with Gasteiger partial charge in [0.15, 0.2) is 0 Å². The lowest BCUT2D eigenvalue weighted by Gasteiger charge is -2.18. The van der Waals surface area contributed by atoms with Crippen molar-refractivity contribution in [3.05, 3.63) is 68.7 Å². The summed E-state index contributed by atoms with van der Waals surface area (Å²) in [7, 11) is 2.00. The molecule has 0 aliphatic carbocycles. The second-order valence-corrected chi connectivity index (χ2v) is 6.09.